The van der Waals surface area contributed by atoms with Crippen LogP contribution in [0.25, 0.3) is 0 Å². The highest BCUT2D eigenvalue weighted by atomic mass is 32.1. The van der Waals surface area contributed by atoms with E-state index in [0.29, 0.717) is 13.0 Å². The van der Waals surface area contributed by atoms with Crippen molar-refractivity contribution >= 4 is 29.0 Å². The Bertz CT molecular complexity index is 505. The molecule has 0 aliphatic heterocycles. The summed E-state index contributed by atoms with van der Waals surface area (Å²) < 4.78 is 0. The Morgan fingerprint density at radius 1 is 1.33 bits per heavy atom. The highest BCUT2D eigenvalue weighted by molar-refractivity contribution is 7.80. The number of carbonyl (C=O) groups is 2. The van der Waals surface area contributed by atoms with E-state index in [9.17, 15) is 9.59 Å². The predicted octanol–water partition coefficient (Wildman–Crippen LogP) is 0.726. The first-order valence-electron chi connectivity index (χ1n) is 6.80. The second-order valence-corrected chi connectivity index (χ2v) is 5.26. The Kier molecular flexibility index (Phi) is 6.81. The molecule has 0 saturated carbocycles. The number of nitrogens with one attached hydrogen (secondary N) is 1. The van der Waals surface area contributed by atoms with Gasteiger partial charge in [0, 0.05) is 13.6 Å². The average Bonchev–Trinajstić information content (AvgIpc) is 2.45. The van der Waals surface area contributed by atoms with Crippen LogP contribution in [0.2, 0.25) is 0 Å². The molecular formula is C15H21N3O2S. The highest BCUT2D eigenvalue weighted by Crippen LogP contribution is 2.12. The number of nitrogens with two attached hydrogens (primary N) is 1. The Balaban J connectivity index is 2.73. The third-order valence-electron chi connectivity index (χ3n) is 3.06. The van der Waals surface area contributed by atoms with Crippen LogP contribution >= 0.6 is 12.2 Å². The third-order valence-corrected chi connectivity index (χ3v) is 3.34. The molecule has 3 N–H and O–H groups in total. The molecule has 1 rings (SSSR count). The minimum Gasteiger partial charge on any atom is -0.393 e. The summed E-state index contributed by atoms with van der Waals surface area (Å²) >= 11 is 5.01. The average molecular weight is 307 g/mol. The lowest BCUT2D eigenvalue weighted by Gasteiger charge is -2.22. The topological polar surface area (TPSA) is 75.4 Å². The Morgan fingerprint density at radius 2 is 1.95 bits per heavy atom. The Hall–Kier alpha value is -1.95. The molecular weight excluding hydrogens is 286 g/mol. The van der Waals surface area contributed by atoms with Crippen molar-refractivity contribution in [3.63, 3.8) is 0 Å². The summed E-state index contributed by atoms with van der Waals surface area (Å²) in [7, 11) is 1.58. The molecule has 0 saturated heterocycles. The van der Waals surface area contributed by atoms with Crippen molar-refractivity contribution in [3.05, 3.63) is 35.9 Å². The summed E-state index contributed by atoms with van der Waals surface area (Å²) in [4.78, 5) is 25.5. The van der Waals surface area contributed by atoms with Crippen molar-refractivity contribution in [2.45, 2.75) is 13.3 Å². The summed E-state index contributed by atoms with van der Waals surface area (Å²) in [5.74, 6) is -1.03. The molecule has 6 heteroatoms. The van der Waals surface area contributed by atoms with Gasteiger partial charge in [-0.05, 0) is 18.9 Å². The number of amides is 2. The smallest absolute Gasteiger partial charge is 0.239 e. The second-order valence-electron chi connectivity index (χ2n) is 4.79. The van der Waals surface area contributed by atoms with Gasteiger partial charge >= 0.3 is 0 Å². The molecule has 0 bridgehead atoms. The number of benzene rings is 1. The maximum absolute atomic E-state index is 12.4. The number of likely N-dealkylation sites (N-methyl/N-ethyl adjacent to an activating group) is 2. The van der Waals surface area contributed by atoms with E-state index in [-0.39, 0.29) is 23.3 Å². The van der Waals surface area contributed by atoms with Crippen LogP contribution < -0.4 is 11.1 Å². The zero-order chi connectivity index (χ0) is 15.8. The van der Waals surface area contributed by atoms with Crippen LogP contribution in [0.3, 0.4) is 0 Å². The minimum absolute atomic E-state index is 0.000572. The lowest BCUT2D eigenvalue weighted by atomic mass is 9.98. The largest absolute Gasteiger partial charge is 0.393 e. The quantitative estimate of drug-likeness (QED) is 0.728. The van der Waals surface area contributed by atoms with Gasteiger partial charge in [-0.2, -0.15) is 0 Å². The lowest BCUT2D eigenvalue weighted by Crippen LogP contribution is -2.44. The third kappa shape index (κ3) is 5.51. The maximum Gasteiger partial charge on any atom is 0.239 e. The molecule has 0 aromatic heterocycles. The van der Waals surface area contributed by atoms with Gasteiger partial charge in [-0.1, -0.05) is 42.5 Å². The van der Waals surface area contributed by atoms with E-state index < -0.39 is 5.92 Å². The first-order valence-corrected chi connectivity index (χ1v) is 7.21. The van der Waals surface area contributed by atoms with Gasteiger partial charge in [0.25, 0.3) is 0 Å². The molecule has 114 valence electrons. The summed E-state index contributed by atoms with van der Waals surface area (Å²) in [6, 6.07) is 9.54. The van der Waals surface area contributed by atoms with Crippen LogP contribution in [0.15, 0.2) is 30.3 Å². The van der Waals surface area contributed by atoms with Gasteiger partial charge in [0.1, 0.15) is 0 Å². The van der Waals surface area contributed by atoms with Crippen LogP contribution in [0.5, 0.6) is 0 Å². The number of hydrogen-bond donors (Lipinski definition) is 2. The fraction of sp³-hybridized carbons (Fsp3) is 0.400. The van der Waals surface area contributed by atoms with E-state index in [0.717, 1.165) is 5.56 Å². The number of nitrogens with zero attached hydrogens (tertiary/aromatic N) is 1. The van der Waals surface area contributed by atoms with Crippen molar-refractivity contribution in [2.75, 3.05) is 20.1 Å². The molecule has 1 atom stereocenters. The maximum atomic E-state index is 12.4. The van der Waals surface area contributed by atoms with Crippen LogP contribution in [0, 0.1) is 5.92 Å². The molecule has 5 nitrogen and oxygen atoms in total. The van der Waals surface area contributed by atoms with Gasteiger partial charge in [0.15, 0.2) is 0 Å². The molecule has 21 heavy (non-hydrogen) atoms. The van der Waals surface area contributed by atoms with Gasteiger partial charge in [-0.3, -0.25) is 9.59 Å². The van der Waals surface area contributed by atoms with E-state index in [1.54, 1.807) is 7.05 Å². The summed E-state index contributed by atoms with van der Waals surface area (Å²) in [5, 5.41) is 2.65. The van der Waals surface area contributed by atoms with E-state index in [1.807, 2.05) is 37.3 Å². The number of thiocarbonyl (C=S) groups is 1. The summed E-state index contributed by atoms with van der Waals surface area (Å²) in [6.45, 7) is 2.36. The summed E-state index contributed by atoms with van der Waals surface area (Å²) in [6.07, 6.45) is 0.439. The molecule has 0 aliphatic rings. The highest BCUT2D eigenvalue weighted by Gasteiger charge is 2.26. The van der Waals surface area contributed by atoms with E-state index >= 15 is 0 Å². The Morgan fingerprint density at radius 3 is 2.48 bits per heavy atom. The predicted molar refractivity (Wildman–Crippen MR) is 86.7 cm³/mol. The first-order chi connectivity index (χ1) is 9.95. The van der Waals surface area contributed by atoms with Crippen molar-refractivity contribution in [2.24, 2.45) is 11.7 Å². The molecule has 2 amide bonds. The zero-order valence-corrected chi connectivity index (χ0v) is 13.2. The van der Waals surface area contributed by atoms with Crippen LogP contribution in [-0.4, -0.2) is 41.8 Å². The van der Waals surface area contributed by atoms with Gasteiger partial charge in [-0.25, -0.2) is 0 Å². The number of rotatable bonds is 7. The van der Waals surface area contributed by atoms with Crippen LogP contribution in [-0.2, 0) is 16.0 Å². The van der Waals surface area contributed by atoms with Gasteiger partial charge in [-0.15, -0.1) is 0 Å². The fourth-order valence-electron chi connectivity index (χ4n) is 1.97. The molecule has 1 unspecified atom stereocenters. The Labute approximate surface area is 130 Å². The van der Waals surface area contributed by atoms with Gasteiger partial charge in [0.2, 0.25) is 11.8 Å². The first kappa shape index (κ1) is 17.1. The normalized spacial score (nSPS) is 11.5. The van der Waals surface area contributed by atoms with Crippen molar-refractivity contribution in [1.82, 2.24) is 10.2 Å². The monoisotopic (exact) mass is 307 g/mol. The van der Waals surface area contributed by atoms with Crippen LogP contribution in [0.4, 0.5) is 0 Å². The van der Waals surface area contributed by atoms with Crippen molar-refractivity contribution in [3.8, 4) is 0 Å². The van der Waals surface area contributed by atoms with Crippen molar-refractivity contribution < 1.29 is 9.59 Å². The molecule has 0 radical (unpaired) electrons. The number of carbonyl (C=O) groups excluding carboxylic acids is 2. The lowest BCUT2D eigenvalue weighted by molar-refractivity contribution is -0.136. The summed E-state index contributed by atoms with van der Waals surface area (Å²) in [5.41, 5.74) is 6.68. The van der Waals surface area contributed by atoms with Crippen LogP contribution in [0.1, 0.15) is 12.5 Å². The molecule has 0 aliphatic carbocycles. The molecule has 0 spiro atoms. The minimum atomic E-state index is -0.596. The second kappa shape index (κ2) is 8.36. The molecule has 1 aromatic carbocycles. The van der Waals surface area contributed by atoms with E-state index in [1.165, 1.54) is 4.90 Å². The number of hydrogen-bond acceptors (Lipinski definition) is 3. The van der Waals surface area contributed by atoms with E-state index in [4.69, 9.17) is 18.0 Å². The fourth-order valence-corrected chi connectivity index (χ4v) is 2.16. The molecule has 1 aromatic rings. The van der Waals surface area contributed by atoms with Gasteiger partial charge in [0.05, 0.1) is 17.5 Å². The van der Waals surface area contributed by atoms with Gasteiger partial charge < -0.3 is 16.0 Å². The zero-order valence-electron chi connectivity index (χ0n) is 12.3. The van der Waals surface area contributed by atoms with Crippen molar-refractivity contribution in [1.29, 1.82) is 0 Å². The molecule has 0 fully saturated rings. The molecule has 0 heterocycles. The standard InChI is InChI=1S/C15H21N3O2S/c1-3-17-13(19)10-18(2)15(20)12(14(16)21)9-11-7-5-4-6-8-11/h4-8,12H,3,9-10H2,1-2H3,(H2,16,21)(H,17,19). The van der Waals surface area contributed by atoms with E-state index in [2.05, 4.69) is 5.32 Å². The SMILES string of the molecule is CCNC(=O)CN(C)C(=O)C(Cc1ccccc1)C(N)=S.